The summed E-state index contributed by atoms with van der Waals surface area (Å²) in [5.74, 6) is 3.61. The molecule has 0 unspecified atom stereocenters. The van der Waals surface area contributed by atoms with Crippen LogP contribution in [0.5, 0.6) is 11.6 Å². The number of sulfonamides is 1. The number of carbonyl (C=O) groups excluding carboxylic acids is 1. The largest absolute Gasteiger partial charge is 0.491 e. The highest BCUT2D eigenvalue weighted by Crippen LogP contribution is 2.36. The first-order valence-corrected chi connectivity index (χ1v) is 13.0. The molecule has 184 valence electrons. The monoisotopic (exact) mass is 495 g/mol. The average Bonchev–Trinajstić information content (AvgIpc) is 3.21. The van der Waals surface area contributed by atoms with Crippen LogP contribution in [0.3, 0.4) is 0 Å². The van der Waals surface area contributed by atoms with E-state index in [-0.39, 0.29) is 30.1 Å². The Labute approximate surface area is 205 Å². The first kappa shape index (κ1) is 24.8. The van der Waals surface area contributed by atoms with Crippen LogP contribution >= 0.6 is 0 Å². The second-order valence-corrected chi connectivity index (χ2v) is 10.7. The Morgan fingerprint density at radius 2 is 1.89 bits per heavy atom. The fourth-order valence-electron chi connectivity index (χ4n) is 4.43. The van der Waals surface area contributed by atoms with Crippen LogP contribution in [-0.2, 0) is 21.4 Å². The van der Waals surface area contributed by atoms with Crippen molar-refractivity contribution in [1.82, 2.24) is 13.9 Å². The third kappa shape index (κ3) is 5.34. The quantitative estimate of drug-likeness (QED) is 0.333. The Kier molecular flexibility index (Phi) is 7.43. The number of pyridine rings is 1. The number of hydrogen-bond acceptors (Lipinski definition) is 6. The van der Waals surface area contributed by atoms with Crippen LogP contribution in [0, 0.1) is 12.3 Å². The molecule has 2 aromatic heterocycles. The smallest absolute Gasteiger partial charge is 0.243 e. The average molecular weight is 496 g/mol. The Balaban J connectivity index is 1.51. The van der Waals surface area contributed by atoms with E-state index in [2.05, 4.69) is 10.9 Å². The molecule has 1 saturated heterocycles. The van der Waals surface area contributed by atoms with Gasteiger partial charge in [0.05, 0.1) is 17.5 Å². The molecule has 3 aromatic rings. The Morgan fingerprint density at radius 3 is 2.51 bits per heavy atom. The Bertz CT molecular complexity index is 1330. The maximum Gasteiger partial charge on any atom is 0.243 e. The maximum absolute atomic E-state index is 13.2. The van der Waals surface area contributed by atoms with Crippen LogP contribution < -0.4 is 9.47 Å². The zero-order chi connectivity index (χ0) is 25.0. The lowest BCUT2D eigenvalue weighted by Gasteiger charge is -2.31. The van der Waals surface area contributed by atoms with Crippen molar-refractivity contribution in [3.63, 3.8) is 0 Å². The van der Waals surface area contributed by atoms with Crippen LogP contribution in [0.1, 0.15) is 38.2 Å². The molecular formula is C26H29N3O5S. The molecule has 9 heteroatoms. The minimum atomic E-state index is -3.59. The Hall–Kier alpha value is -3.35. The molecule has 8 nitrogen and oxygen atoms in total. The number of carbonyl (C=O) groups is 1. The van der Waals surface area contributed by atoms with E-state index in [1.165, 1.54) is 4.31 Å². The molecule has 1 aromatic carbocycles. The third-order valence-electron chi connectivity index (χ3n) is 6.03. The number of aromatic nitrogens is 2. The van der Waals surface area contributed by atoms with E-state index in [0.717, 1.165) is 17.2 Å². The number of aldehydes is 1. The van der Waals surface area contributed by atoms with Crippen molar-refractivity contribution >= 4 is 27.3 Å². The predicted octanol–water partition coefficient (Wildman–Crippen LogP) is 3.60. The molecular weight excluding hydrogens is 466 g/mol. The van der Waals surface area contributed by atoms with Gasteiger partial charge >= 0.3 is 0 Å². The van der Waals surface area contributed by atoms with Crippen molar-refractivity contribution < 1.29 is 22.7 Å². The molecule has 0 saturated carbocycles. The van der Waals surface area contributed by atoms with E-state index in [1.807, 2.05) is 26.1 Å². The van der Waals surface area contributed by atoms with Gasteiger partial charge in [-0.2, -0.15) is 9.29 Å². The standard InChI is InChI=1S/C26H29N3O5S/c1-4-17-33-25-10-9-23-24(18-28(15-16-30)26(23)27-25)20-11-13-29(14-12-20)35(31,32)22-7-5-21(6-8-22)34-19(2)3/h1,5-10,16,18-20H,11-15,17H2,2-3H3. The predicted molar refractivity (Wildman–Crippen MR) is 133 cm³/mol. The molecule has 0 bridgehead atoms. The highest BCUT2D eigenvalue weighted by Gasteiger charge is 2.31. The summed E-state index contributed by atoms with van der Waals surface area (Å²) in [6, 6.07) is 10.3. The van der Waals surface area contributed by atoms with Gasteiger partial charge in [0, 0.05) is 30.7 Å². The van der Waals surface area contributed by atoms with Crippen molar-refractivity contribution in [3.05, 3.63) is 48.2 Å². The van der Waals surface area contributed by atoms with Crippen molar-refractivity contribution in [2.45, 2.75) is 50.2 Å². The van der Waals surface area contributed by atoms with Crippen molar-refractivity contribution in [1.29, 1.82) is 0 Å². The molecule has 4 rings (SSSR count). The number of benzene rings is 1. The van der Waals surface area contributed by atoms with Gasteiger partial charge in [-0.15, -0.1) is 6.42 Å². The molecule has 1 aliphatic rings. The van der Waals surface area contributed by atoms with Gasteiger partial charge in [0.2, 0.25) is 15.9 Å². The summed E-state index contributed by atoms with van der Waals surface area (Å²) in [4.78, 5) is 16.0. The van der Waals surface area contributed by atoms with Crippen LogP contribution in [0.2, 0.25) is 0 Å². The van der Waals surface area contributed by atoms with Gasteiger partial charge in [-0.25, -0.2) is 8.42 Å². The summed E-state index contributed by atoms with van der Waals surface area (Å²) in [6.07, 6.45) is 9.39. The molecule has 0 amide bonds. The van der Waals surface area contributed by atoms with Crippen molar-refractivity contribution in [2.24, 2.45) is 0 Å². The van der Waals surface area contributed by atoms with Gasteiger partial charge in [0.25, 0.3) is 0 Å². The van der Waals surface area contributed by atoms with Crippen LogP contribution in [-0.4, -0.2) is 54.4 Å². The first-order chi connectivity index (χ1) is 16.8. The van der Waals surface area contributed by atoms with E-state index in [4.69, 9.17) is 15.9 Å². The van der Waals surface area contributed by atoms with E-state index in [1.54, 1.807) is 34.9 Å². The molecule has 1 fully saturated rings. The molecule has 3 heterocycles. The number of piperidine rings is 1. The van der Waals surface area contributed by atoms with Gasteiger partial charge < -0.3 is 18.8 Å². The lowest BCUT2D eigenvalue weighted by Crippen LogP contribution is -2.37. The number of ether oxygens (including phenoxy) is 2. The summed E-state index contributed by atoms with van der Waals surface area (Å²) in [5, 5.41) is 0.932. The van der Waals surface area contributed by atoms with Crippen LogP contribution in [0.15, 0.2) is 47.5 Å². The second kappa shape index (κ2) is 10.5. The molecule has 0 radical (unpaired) electrons. The van der Waals surface area contributed by atoms with Gasteiger partial charge in [-0.05, 0) is 68.5 Å². The van der Waals surface area contributed by atoms with E-state index in [9.17, 15) is 13.2 Å². The van der Waals surface area contributed by atoms with E-state index >= 15 is 0 Å². The van der Waals surface area contributed by atoms with Gasteiger partial charge in [-0.3, -0.25) is 0 Å². The van der Waals surface area contributed by atoms with Crippen LogP contribution in [0.4, 0.5) is 0 Å². The number of nitrogens with zero attached hydrogens (tertiary/aromatic N) is 3. The van der Waals surface area contributed by atoms with Crippen molar-refractivity contribution in [2.75, 3.05) is 19.7 Å². The fraction of sp³-hybridized carbons (Fsp3) is 0.385. The SMILES string of the molecule is C#CCOc1ccc2c(C3CCN(S(=O)(=O)c4ccc(OC(C)C)cc4)CC3)cn(CC=O)c2n1. The molecule has 35 heavy (non-hydrogen) atoms. The van der Waals surface area contributed by atoms with Gasteiger partial charge in [-0.1, -0.05) is 5.92 Å². The zero-order valence-corrected chi connectivity index (χ0v) is 20.7. The van der Waals surface area contributed by atoms with Crippen molar-refractivity contribution in [3.8, 4) is 24.0 Å². The summed E-state index contributed by atoms with van der Waals surface area (Å²) >= 11 is 0. The number of rotatable bonds is 9. The summed E-state index contributed by atoms with van der Waals surface area (Å²) < 4.78 is 40.8. The number of terminal acetylenes is 1. The lowest BCUT2D eigenvalue weighted by atomic mass is 9.90. The Morgan fingerprint density at radius 1 is 1.17 bits per heavy atom. The lowest BCUT2D eigenvalue weighted by molar-refractivity contribution is -0.108. The minimum absolute atomic E-state index is 0.0197. The van der Waals surface area contributed by atoms with Gasteiger partial charge in [0.1, 0.15) is 17.7 Å². The highest BCUT2D eigenvalue weighted by atomic mass is 32.2. The molecule has 0 atom stereocenters. The zero-order valence-electron chi connectivity index (χ0n) is 19.9. The van der Waals surface area contributed by atoms with E-state index in [0.29, 0.717) is 43.2 Å². The molecule has 1 aliphatic heterocycles. The first-order valence-electron chi connectivity index (χ1n) is 11.6. The molecule has 0 N–H and O–H groups in total. The number of fused-ring (bicyclic) bond motifs is 1. The minimum Gasteiger partial charge on any atom is -0.491 e. The van der Waals surface area contributed by atoms with Crippen LogP contribution in [0.25, 0.3) is 11.0 Å². The third-order valence-corrected chi connectivity index (χ3v) is 7.94. The van der Waals surface area contributed by atoms with E-state index < -0.39 is 10.0 Å². The maximum atomic E-state index is 13.2. The number of hydrogen-bond donors (Lipinski definition) is 0. The summed E-state index contributed by atoms with van der Waals surface area (Å²) in [5.41, 5.74) is 1.71. The van der Waals surface area contributed by atoms with Gasteiger partial charge in [0.15, 0.2) is 6.61 Å². The highest BCUT2D eigenvalue weighted by molar-refractivity contribution is 7.89. The normalized spacial score (nSPS) is 15.3. The second-order valence-electron chi connectivity index (χ2n) is 8.73. The summed E-state index contributed by atoms with van der Waals surface area (Å²) in [6.45, 7) is 4.95. The summed E-state index contributed by atoms with van der Waals surface area (Å²) in [7, 11) is -3.59. The fourth-order valence-corrected chi connectivity index (χ4v) is 5.90. The molecule has 0 spiro atoms. The molecule has 0 aliphatic carbocycles. The topological polar surface area (TPSA) is 90.7 Å².